The maximum Gasteiger partial charge on any atom is 0.0814 e. The Morgan fingerprint density at radius 1 is 1.60 bits per heavy atom. The van der Waals surface area contributed by atoms with E-state index in [1.807, 2.05) is 0 Å². The number of aliphatic hydroxyl groups excluding tert-OH is 1. The number of hydrogen-bond donors (Lipinski definition) is 1. The van der Waals surface area contributed by atoms with E-state index in [9.17, 15) is 0 Å². The molecule has 1 heterocycles. The van der Waals surface area contributed by atoms with E-state index < -0.39 is 0 Å². The molecule has 0 aromatic carbocycles. The first-order valence-corrected chi connectivity index (χ1v) is 3.83. The van der Waals surface area contributed by atoms with Crippen LogP contribution in [0.2, 0.25) is 0 Å². The summed E-state index contributed by atoms with van der Waals surface area (Å²) in [5.74, 6) is 0. The quantitative estimate of drug-likeness (QED) is 0.663. The minimum Gasteiger partial charge on any atom is -0.394 e. The Labute approximate surface area is 65.4 Å². The van der Waals surface area contributed by atoms with E-state index in [1.165, 1.54) is 5.54 Å². The zero-order valence-electron chi connectivity index (χ0n) is 5.66. The molecular formula is C7H11ClO2. The van der Waals surface area contributed by atoms with Gasteiger partial charge < -0.3 is 9.84 Å². The van der Waals surface area contributed by atoms with Crippen molar-refractivity contribution in [1.82, 2.24) is 0 Å². The number of aliphatic hydroxyl groups is 1. The topological polar surface area (TPSA) is 29.5 Å². The van der Waals surface area contributed by atoms with Gasteiger partial charge in [-0.3, -0.25) is 0 Å². The molecule has 58 valence electrons. The molecule has 0 spiro atoms. The van der Waals surface area contributed by atoms with Crippen molar-refractivity contribution in [3.05, 3.63) is 11.6 Å². The highest BCUT2D eigenvalue weighted by Gasteiger charge is 2.21. The van der Waals surface area contributed by atoms with Gasteiger partial charge in [-0.1, -0.05) is 11.6 Å². The Balaban J connectivity index is 2.28. The molecule has 0 saturated carbocycles. The Morgan fingerprint density at radius 3 is 2.90 bits per heavy atom. The Morgan fingerprint density at radius 2 is 2.40 bits per heavy atom. The second-order valence-electron chi connectivity index (χ2n) is 2.37. The molecule has 1 rings (SSSR count). The second kappa shape index (κ2) is 3.96. The first-order valence-electron chi connectivity index (χ1n) is 3.40. The number of hydrogen-bond acceptors (Lipinski definition) is 2. The number of rotatable bonds is 2. The van der Waals surface area contributed by atoms with Crippen LogP contribution in [-0.4, -0.2) is 23.9 Å². The normalized spacial score (nSPS) is 33.8. The third kappa shape index (κ3) is 1.97. The molecule has 1 saturated heterocycles. The average Bonchev–Trinajstić information content (AvgIpc) is 2.37. The standard InChI is InChI=1S/C7H11ClO2/c8-4-3-6-1-2-7(5-9)10-6/h3-4,6-7,9H,1-2,5H2/t6-,7-/m0/s1. The monoisotopic (exact) mass is 162 g/mol. The van der Waals surface area contributed by atoms with E-state index >= 15 is 0 Å². The molecule has 10 heavy (non-hydrogen) atoms. The van der Waals surface area contributed by atoms with Crippen LogP contribution in [0.3, 0.4) is 0 Å². The molecule has 0 aromatic rings. The van der Waals surface area contributed by atoms with Gasteiger partial charge >= 0.3 is 0 Å². The van der Waals surface area contributed by atoms with Gasteiger partial charge in [-0.15, -0.1) is 0 Å². The number of halogens is 1. The fourth-order valence-electron chi connectivity index (χ4n) is 1.09. The molecule has 1 fully saturated rings. The van der Waals surface area contributed by atoms with Crippen LogP contribution in [0.15, 0.2) is 11.6 Å². The van der Waals surface area contributed by atoms with Gasteiger partial charge in [0.15, 0.2) is 0 Å². The lowest BCUT2D eigenvalue weighted by molar-refractivity contribution is 0.0311. The number of ether oxygens (including phenoxy) is 1. The molecule has 0 aromatic heterocycles. The molecule has 1 N–H and O–H groups in total. The minimum atomic E-state index is 0.0258. The van der Waals surface area contributed by atoms with Crippen molar-refractivity contribution in [2.45, 2.75) is 25.0 Å². The highest BCUT2D eigenvalue weighted by atomic mass is 35.5. The summed E-state index contributed by atoms with van der Waals surface area (Å²) in [4.78, 5) is 0. The largest absolute Gasteiger partial charge is 0.394 e. The van der Waals surface area contributed by atoms with Gasteiger partial charge in [0.1, 0.15) is 0 Å². The minimum absolute atomic E-state index is 0.0258. The molecule has 0 bridgehead atoms. The summed E-state index contributed by atoms with van der Waals surface area (Å²) in [6.07, 6.45) is 3.85. The Kier molecular flexibility index (Phi) is 3.19. The fourth-order valence-corrected chi connectivity index (χ4v) is 1.25. The van der Waals surface area contributed by atoms with Crippen LogP contribution in [0.5, 0.6) is 0 Å². The van der Waals surface area contributed by atoms with E-state index in [1.54, 1.807) is 6.08 Å². The van der Waals surface area contributed by atoms with Gasteiger partial charge in [0.05, 0.1) is 18.8 Å². The van der Waals surface area contributed by atoms with E-state index in [-0.39, 0.29) is 18.8 Å². The summed E-state index contributed by atoms with van der Waals surface area (Å²) < 4.78 is 5.33. The molecule has 0 amide bonds. The van der Waals surface area contributed by atoms with Gasteiger partial charge in [0.2, 0.25) is 0 Å². The summed E-state index contributed by atoms with van der Waals surface area (Å²) in [5.41, 5.74) is 1.46. The third-order valence-electron chi connectivity index (χ3n) is 1.63. The first kappa shape index (κ1) is 8.05. The van der Waals surface area contributed by atoms with E-state index in [0.29, 0.717) is 0 Å². The lowest BCUT2D eigenvalue weighted by atomic mass is 10.2. The average molecular weight is 163 g/mol. The summed E-state index contributed by atoms with van der Waals surface area (Å²) in [6.45, 7) is 0.118. The SMILES string of the molecule is OC[C@@H]1CC[C@@H](C=CCl)O1. The van der Waals surface area contributed by atoms with Crippen LogP contribution >= 0.6 is 11.6 Å². The molecular weight excluding hydrogens is 152 g/mol. The summed E-state index contributed by atoms with van der Waals surface area (Å²) in [5, 5.41) is 8.67. The molecule has 1 aliphatic heterocycles. The lowest BCUT2D eigenvalue weighted by Crippen LogP contribution is -2.12. The van der Waals surface area contributed by atoms with E-state index in [2.05, 4.69) is 0 Å². The second-order valence-corrected chi connectivity index (χ2v) is 2.63. The molecule has 0 radical (unpaired) electrons. The van der Waals surface area contributed by atoms with Crippen LogP contribution in [0.4, 0.5) is 0 Å². The maximum absolute atomic E-state index is 8.67. The summed E-state index contributed by atoms with van der Waals surface area (Å²) in [7, 11) is 0. The van der Waals surface area contributed by atoms with Crippen molar-refractivity contribution < 1.29 is 9.84 Å². The molecule has 1 aliphatic rings. The van der Waals surface area contributed by atoms with Crippen molar-refractivity contribution in [1.29, 1.82) is 0 Å². The van der Waals surface area contributed by atoms with Crippen LogP contribution < -0.4 is 0 Å². The van der Waals surface area contributed by atoms with Crippen LogP contribution in [0.1, 0.15) is 12.8 Å². The smallest absolute Gasteiger partial charge is 0.0814 e. The van der Waals surface area contributed by atoms with Crippen molar-refractivity contribution in [3.8, 4) is 0 Å². The first-order chi connectivity index (χ1) is 4.86. The molecule has 2 nitrogen and oxygen atoms in total. The molecule has 2 atom stereocenters. The van der Waals surface area contributed by atoms with Gasteiger partial charge in [0.25, 0.3) is 0 Å². The lowest BCUT2D eigenvalue weighted by Gasteiger charge is -2.06. The molecule has 0 aliphatic carbocycles. The van der Waals surface area contributed by atoms with E-state index in [0.717, 1.165) is 12.8 Å². The zero-order valence-corrected chi connectivity index (χ0v) is 6.42. The zero-order chi connectivity index (χ0) is 7.40. The fraction of sp³-hybridized carbons (Fsp3) is 0.714. The highest BCUT2D eigenvalue weighted by Crippen LogP contribution is 2.19. The van der Waals surface area contributed by atoms with Crippen molar-refractivity contribution in [2.75, 3.05) is 6.61 Å². The van der Waals surface area contributed by atoms with Crippen molar-refractivity contribution >= 4 is 11.6 Å². The van der Waals surface area contributed by atoms with Crippen molar-refractivity contribution in [2.24, 2.45) is 0 Å². The van der Waals surface area contributed by atoms with Gasteiger partial charge in [-0.05, 0) is 18.9 Å². The van der Waals surface area contributed by atoms with Crippen molar-refractivity contribution in [3.63, 3.8) is 0 Å². The molecule has 0 unspecified atom stereocenters. The van der Waals surface area contributed by atoms with Gasteiger partial charge in [-0.2, -0.15) is 0 Å². The maximum atomic E-state index is 8.67. The van der Waals surface area contributed by atoms with Crippen LogP contribution in [-0.2, 0) is 4.74 Å². The predicted octanol–water partition coefficient (Wildman–Crippen LogP) is 1.28. The predicted molar refractivity (Wildman–Crippen MR) is 40.0 cm³/mol. The van der Waals surface area contributed by atoms with Crippen LogP contribution in [0, 0.1) is 0 Å². The highest BCUT2D eigenvalue weighted by molar-refractivity contribution is 6.25. The van der Waals surface area contributed by atoms with Gasteiger partial charge in [0, 0.05) is 5.54 Å². The Bertz CT molecular complexity index is 125. The summed E-state index contributed by atoms with van der Waals surface area (Å²) >= 11 is 5.35. The summed E-state index contributed by atoms with van der Waals surface area (Å²) in [6, 6.07) is 0. The molecule has 3 heteroatoms. The van der Waals surface area contributed by atoms with Gasteiger partial charge in [-0.25, -0.2) is 0 Å². The van der Waals surface area contributed by atoms with E-state index in [4.69, 9.17) is 21.4 Å². The Hall–Kier alpha value is -0.0500. The van der Waals surface area contributed by atoms with Crippen LogP contribution in [0.25, 0.3) is 0 Å². The third-order valence-corrected chi connectivity index (χ3v) is 1.78.